The van der Waals surface area contributed by atoms with Gasteiger partial charge in [0.25, 0.3) is 11.8 Å². The van der Waals surface area contributed by atoms with Crippen LogP contribution in [-0.2, 0) is 4.79 Å². The summed E-state index contributed by atoms with van der Waals surface area (Å²) >= 11 is 0. The van der Waals surface area contributed by atoms with Gasteiger partial charge >= 0.3 is 0 Å². The molecule has 0 spiro atoms. The van der Waals surface area contributed by atoms with Gasteiger partial charge in [0.1, 0.15) is 6.04 Å². The molecule has 0 saturated carbocycles. The molecule has 0 aliphatic carbocycles. The topological polar surface area (TPSA) is 100 Å². The standard InChI is InChI=1S/C28H31N4O3/c1-19(2)13-14-30-28(35)25(18-31-26(33)22-11-9-20(3)10-12-22)32-27(34)24-15-23(16-29-17-24)21-7-5-4-6-8-21/h4-12,14-17,19,25H,13,18H2,1-3H3,(H,30,35)(H,31,33)(H,32,34)/t25-/m0/s1. The van der Waals surface area contributed by atoms with Crippen LogP contribution in [0.2, 0.25) is 0 Å². The van der Waals surface area contributed by atoms with Gasteiger partial charge in [-0.3, -0.25) is 19.4 Å². The van der Waals surface area contributed by atoms with Gasteiger partial charge in [-0.2, -0.15) is 0 Å². The Hall–Kier alpha value is -4.00. The second kappa shape index (κ2) is 12.5. The van der Waals surface area contributed by atoms with E-state index in [1.54, 1.807) is 30.9 Å². The van der Waals surface area contributed by atoms with E-state index in [2.05, 4.69) is 20.9 Å². The van der Waals surface area contributed by atoms with E-state index in [1.807, 2.05) is 63.2 Å². The summed E-state index contributed by atoms with van der Waals surface area (Å²) in [6.45, 7) is 7.62. The third kappa shape index (κ3) is 7.78. The van der Waals surface area contributed by atoms with Crippen molar-refractivity contribution >= 4 is 17.7 Å². The number of benzene rings is 2. The summed E-state index contributed by atoms with van der Waals surface area (Å²) in [5.41, 5.74) is 3.56. The Bertz CT molecular complexity index is 1140. The Morgan fingerprint density at radius 1 is 0.886 bits per heavy atom. The van der Waals surface area contributed by atoms with Crippen LogP contribution in [0.1, 0.15) is 46.5 Å². The van der Waals surface area contributed by atoms with E-state index in [0.717, 1.165) is 16.7 Å². The number of amides is 3. The molecule has 35 heavy (non-hydrogen) atoms. The van der Waals surface area contributed by atoms with Gasteiger partial charge in [0.2, 0.25) is 5.91 Å². The largest absolute Gasteiger partial charge is 0.349 e. The molecule has 2 aromatic carbocycles. The minimum absolute atomic E-state index is 0.0639. The van der Waals surface area contributed by atoms with Gasteiger partial charge in [-0.15, -0.1) is 0 Å². The van der Waals surface area contributed by atoms with Crippen LogP contribution >= 0.6 is 0 Å². The normalized spacial score (nSPS) is 11.5. The molecule has 3 amide bonds. The highest BCUT2D eigenvalue weighted by atomic mass is 16.2. The second-order valence-electron chi connectivity index (χ2n) is 8.77. The lowest BCUT2D eigenvalue weighted by Crippen LogP contribution is -2.52. The number of nitrogens with one attached hydrogen (secondary N) is 3. The van der Waals surface area contributed by atoms with Crippen molar-refractivity contribution in [2.24, 2.45) is 5.92 Å². The molecule has 7 heteroatoms. The van der Waals surface area contributed by atoms with Crippen molar-refractivity contribution in [2.45, 2.75) is 33.2 Å². The fourth-order valence-electron chi connectivity index (χ4n) is 3.30. The zero-order valence-corrected chi connectivity index (χ0v) is 20.2. The van der Waals surface area contributed by atoms with Crippen molar-refractivity contribution in [3.8, 4) is 11.1 Å². The lowest BCUT2D eigenvalue weighted by molar-refractivity contribution is -0.122. The van der Waals surface area contributed by atoms with Crippen molar-refractivity contribution < 1.29 is 14.4 Å². The van der Waals surface area contributed by atoms with Crippen LogP contribution in [-0.4, -0.2) is 35.3 Å². The summed E-state index contributed by atoms with van der Waals surface area (Å²) in [4.78, 5) is 42.6. The average Bonchev–Trinajstić information content (AvgIpc) is 2.87. The molecule has 0 aliphatic rings. The van der Waals surface area contributed by atoms with Gasteiger partial charge in [-0.1, -0.05) is 61.9 Å². The Labute approximate surface area is 206 Å². The summed E-state index contributed by atoms with van der Waals surface area (Å²) in [6.07, 6.45) is 3.82. The summed E-state index contributed by atoms with van der Waals surface area (Å²) < 4.78 is 0. The van der Waals surface area contributed by atoms with Crippen LogP contribution in [0.5, 0.6) is 0 Å². The van der Waals surface area contributed by atoms with E-state index < -0.39 is 17.9 Å². The number of rotatable bonds is 10. The lowest BCUT2D eigenvalue weighted by Gasteiger charge is -2.19. The smallest absolute Gasteiger partial charge is 0.253 e. The van der Waals surface area contributed by atoms with E-state index in [-0.39, 0.29) is 12.5 Å². The highest BCUT2D eigenvalue weighted by molar-refractivity contribution is 5.99. The van der Waals surface area contributed by atoms with E-state index >= 15 is 0 Å². The van der Waals surface area contributed by atoms with Crippen LogP contribution in [0.4, 0.5) is 0 Å². The Kier molecular flexibility index (Phi) is 9.12. The molecule has 181 valence electrons. The number of aryl methyl sites for hydroxylation is 1. The molecule has 3 rings (SSSR count). The van der Waals surface area contributed by atoms with Crippen LogP contribution in [0, 0.1) is 19.4 Å². The molecule has 3 N–H and O–H groups in total. The minimum Gasteiger partial charge on any atom is -0.349 e. The number of hydrogen-bond acceptors (Lipinski definition) is 4. The number of carbonyl (C=O) groups excluding carboxylic acids is 3. The van der Waals surface area contributed by atoms with Crippen LogP contribution < -0.4 is 16.0 Å². The van der Waals surface area contributed by atoms with Gasteiger partial charge < -0.3 is 16.0 Å². The Morgan fingerprint density at radius 3 is 2.29 bits per heavy atom. The predicted molar refractivity (Wildman–Crippen MR) is 136 cm³/mol. The summed E-state index contributed by atoms with van der Waals surface area (Å²) in [7, 11) is 0. The number of hydrogen-bond donors (Lipinski definition) is 3. The molecule has 1 aromatic heterocycles. The van der Waals surface area contributed by atoms with Gasteiger partial charge in [-0.05, 0) is 43.0 Å². The van der Waals surface area contributed by atoms with E-state index in [1.165, 1.54) is 6.20 Å². The zero-order chi connectivity index (χ0) is 25.2. The molecule has 0 saturated heterocycles. The molecule has 7 nitrogen and oxygen atoms in total. The molecule has 1 heterocycles. The molecule has 1 radical (unpaired) electrons. The highest BCUT2D eigenvalue weighted by Crippen LogP contribution is 2.18. The Morgan fingerprint density at radius 2 is 1.60 bits per heavy atom. The third-order valence-electron chi connectivity index (χ3n) is 5.34. The molecule has 3 aromatic rings. The zero-order valence-electron chi connectivity index (χ0n) is 20.2. The van der Waals surface area contributed by atoms with Gasteiger partial charge in [0, 0.05) is 36.6 Å². The monoisotopic (exact) mass is 471 g/mol. The van der Waals surface area contributed by atoms with Crippen molar-refractivity contribution in [1.29, 1.82) is 0 Å². The number of nitrogens with zero attached hydrogens (tertiary/aromatic N) is 1. The van der Waals surface area contributed by atoms with Gasteiger partial charge in [0.15, 0.2) is 0 Å². The first-order valence-electron chi connectivity index (χ1n) is 11.6. The van der Waals surface area contributed by atoms with Crippen molar-refractivity contribution in [2.75, 3.05) is 6.54 Å². The van der Waals surface area contributed by atoms with Crippen molar-refractivity contribution in [3.05, 3.63) is 96.3 Å². The molecule has 0 fully saturated rings. The number of pyridine rings is 1. The number of aromatic nitrogens is 1. The fourth-order valence-corrected chi connectivity index (χ4v) is 3.30. The highest BCUT2D eigenvalue weighted by Gasteiger charge is 2.23. The molecule has 0 aliphatic heterocycles. The quantitative estimate of drug-likeness (QED) is 0.417. The maximum absolute atomic E-state index is 13.0. The maximum atomic E-state index is 13.0. The van der Waals surface area contributed by atoms with Crippen molar-refractivity contribution in [3.63, 3.8) is 0 Å². The fraction of sp³-hybridized carbons (Fsp3) is 0.250. The van der Waals surface area contributed by atoms with E-state index in [9.17, 15) is 14.4 Å². The SMILES string of the molecule is Cc1ccc(C(=O)NC[C@H](NC(=O)c2cncc(-c3ccccc3)c2)C(=O)N[CH]CC(C)C)cc1. The third-order valence-corrected chi connectivity index (χ3v) is 5.34. The number of carbonyl (C=O) groups is 3. The Balaban J connectivity index is 1.71. The first-order chi connectivity index (χ1) is 16.8. The second-order valence-corrected chi connectivity index (χ2v) is 8.77. The predicted octanol–water partition coefficient (Wildman–Crippen LogP) is 3.91. The summed E-state index contributed by atoms with van der Waals surface area (Å²) in [5.74, 6) is -0.813. The minimum atomic E-state index is -0.972. The molecule has 0 bridgehead atoms. The van der Waals surface area contributed by atoms with Crippen LogP contribution in [0.3, 0.4) is 0 Å². The average molecular weight is 472 g/mol. The molecular formula is C28H31N4O3. The van der Waals surface area contributed by atoms with E-state index in [0.29, 0.717) is 23.5 Å². The van der Waals surface area contributed by atoms with Gasteiger partial charge in [-0.25, -0.2) is 0 Å². The lowest BCUT2D eigenvalue weighted by atomic mass is 10.1. The van der Waals surface area contributed by atoms with Crippen LogP contribution in [0.25, 0.3) is 11.1 Å². The first-order valence-corrected chi connectivity index (χ1v) is 11.6. The van der Waals surface area contributed by atoms with Gasteiger partial charge in [0.05, 0.1) is 5.56 Å². The van der Waals surface area contributed by atoms with Crippen molar-refractivity contribution in [1.82, 2.24) is 20.9 Å². The van der Waals surface area contributed by atoms with Crippen LogP contribution in [0.15, 0.2) is 73.1 Å². The summed E-state index contributed by atoms with van der Waals surface area (Å²) in [6, 6.07) is 17.5. The molecule has 1 atom stereocenters. The molecular weight excluding hydrogens is 440 g/mol. The first kappa shape index (κ1) is 25.6. The summed E-state index contributed by atoms with van der Waals surface area (Å²) in [5, 5.41) is 8.22. The molecule has 0 unspecified atom stereocenters. The maximum Gasteiger partial charge on any atom is 0.253 e. The van der Waals surface area contributed by atoms with E-state index in [4.69, 9.17) is 0 Å².